The lowest BCUT2D eigenvalue weighted by Crippen LogP contribution is -2.21. The van der Waals surface area contributed by atoms with Crippen LogP contribution in [-0.2, 0) is 4.79 Å². The van der Waals surface area contributed by atoms with Gasteiger partial charge < -0.3 is 5.11 Å². The fraction of sp³-hybridized carbons (Fsp3) is 0.0500. The van der Waals surface area contributed by atoms with Gasteiger partial charge in [0.2, 0.25) is 5.88 Å². The number of hydrazone groups is 1. The number of amides is 1. The van der Waals surface area contributed by atoms with E-state index < -0.39 is 23.2 Å². The van der Waals surface area contributed by atoms with Gasteiger partial charge >= 0.3 is 0 Å². The molecule has 0 atom stereocenters. The van der Waals surface area contributed by atoms with Crippen LogP contribution in [0.1, 0.15) is 12.5 Å². The van der Waals surface area contributed by atoms with Crippen LogP contribution in [0.2, 0.25) is 5.02 Å². The Bertz CT molecular complexity index is 1240. The van der Waals surface area contributed by atoms with Gasteiger partial charge in [-0.2, -0.15) is 10.1 Å². The van der Waals surface area contributed by atoms with Crippen molar-refractivity contribution in [2.45, 2.75) is 6.92 Å². The lowest BCUT2D eigenvalue weighted by Gasteiger charge is -2.10. The molecule has 0 bridgehead atoms. The van der Waals surface area contributed by atoms with Crippen molar-refractivity contribution in [2.75, 3.05) is 5.01 Å². The van der Waals surface area contributed by atoms with E-state index in [-0.39, 0.29) is 21.8 Å². The number of nitrogens with zero attached hydrogens (tertiary/aromatic N) is 3. The molecule has 0 radical (unpaired) electrons. The molecule has 146 valence electrons. The highest BCUT2D eigenvalue weighted by atomic mass is 35.5. The lowest BCUT2D eigenvalue weighted by atomic mass is 10.1. The first-order chi connectivity index (χ1) is 13.9. The van der Waals surface area contributed by atoms with Crippen molar-refractivity contribution in [3.8, 4) is 11.6 Å². The Labute approximate surface area is 168 Å². The highest BCUT2D eigenvalue weighted by molar-refractivity contribution is 6.32. The third-order valence-electron chi connectivity index (χ3n) is 4.42. The summed E-state index contributed by atoms with van der Waals surface area (Å²) in [6.45, 7) is 1.63. The number of carbonyl (C=O) groups is 1. The molecular formula is C20H14ClFN4O3. The summed E-state index contributed by atoms with van der Waals surface area (Å²) >= 11 is 5.77. The van der Waals surface area contributed by atoms with Crippen molar-refractivity contribution in [1.82, 2.24) is 9.78 Å². The highest BCUT2D eigenvalue weighted by Crippen LogP contribution is 2.27. The number of rotatable bonds is 3. The van der Waals surface area contributed by atoms with Crippen molar-refractivity contribution in [1.29, 1.82) is 0 Å². The molecule has 0 saturated carbocycles. The number of hydrogen-bond donors (Lipinski definition) is 2. The Hall–Kier alpha value is -3.65. The van der Waals surface area contributed by atoms with Crippen LogP contribution in [-0.4, -0.2) is 26.5 Å². The molecular weight excluding hydrogens is 399 g/mol. The molecule has 1 aromatic heterocycles. The van der Waals surface area contributed by atoms with Gasteiger partial charge in [-0.05, 0) is 43.3 Å². The van der Waals surface area contributed by atoms with Gasteiger partial charge in [0.25, 0.3) is 11.5 Å². The number of H-pyrrole nitrogens is 1. The minimum atomic E-state index is -0.630. The summed E-state index contributed by atoms with van der Waals surface area (Å²) in [6, 6.07) is 12.6. The fourth-order valence-corrected chi connectivity index (χ4v) is 3.13. The van der Waals surface area contributed by atoms with Crippen LogP contribution in [0.3, 0.4) is 0 Å². The van der Waals surface area contributed by atoms with E-state index >= 15 is 0 Å². The van der Waals surface area contributed by atoms with Gasteiger partial charge in [-0.15, -0.1) is 0 Å². The predicted molar refractivity (Wildman–Crippen MR) is 108 cm³/mol. The molecule has 0 spiro atoms. The largest absolute Gasteiger partial charge is 0.493 e. The summed E-state index contributed by atoms with van der Waals surface area (Å²) in [4.78, 5) is 25.2. The van der Waals surface area contributed by atoms with E-state index in [2.05, 4.69) is 10.2 Å². The first kappa shape index (κ1) is 18.7. The van der Waals surface area contributed by atoms with Gasteiger partial charge in [0.15, 0.2) is 0 Å². The molecule has 0 unspecified atom stereocenters. The molecule has 7 nitrogen and oxygen atoms in total. The summed E-state index contributed by atoms with van der Waals surface area (Å²) in [5.41, 5.74) is 0.647. The van der Waals surface area contributed by atoms with Crippen molar-refractivity contribution >= 4 is 35.0 Å². The summed E-state index contributed by atoms with van der Waals surface area (Å²) < 4.78 is 14.4. The van der Waals surface area contributed by atoms with Gasteiger partial charge in [-0.25, -0.2) is 9.07 Å². The summed E-state index contributed by atoms with van der Waals surface area (Å²) in [7, 11) is 0. The normalized spacial score (nSPS) is 15.3. The minimum absolute atomic E-state index is 0.127. The topological polar surface area (TPSA) is 90.7 Å². The monoisotopic (exact) mass is 412 g/mol. The first-order valence-electron chi connectivity index (χ1n) is 8.53. The number of hydrogen-bond acceptors (Lipinski definition) is 4. The Morgan fingerprint density at radius 1 is 1.14 bits per heavy atom. The van der Waals surface area contributed by atoms with Crippen molar-refractivity contribution in [3.63, 3.8) is 0 Å². The summed E-state index contributed by atoms with van der Waals surface area (Å²) in [5, 5.41) is 18.3. The van der Waals surface area contributed by atoms with Crippen LogP contribution in [0.15, 0.2) is 64.0 Å². The molecule has 2 heterocycles. The van der Waals surface area contributed by atoms with E-state index in [0.717, 1.165) is 10.7 Å². The molecule has 1 aliphatic heterocycles. The lowest BCUT2D eigenvalue weighted by molar-refractivity contribution is -0.114. The van der Waals surface area contributed by atoms with E-state index in [4.69, 9.17) is 11.6 Å². The first-order valence-corrected chi connectivity index (χ1v) is 8.91. The maximum atomic E-state index is 13.4. The van der Waals surface area contributed by atoms with E-state index in [9.17, 15) is 19.1 Å². The number of carbonyl (C=O) groups excluding carboxylic acids is 1. The number of aromatic amines is 1. The standard InChI is InChI=1S/C20H14ClFN4O3/c1-11-14(19(28)25(23-11)12-5-3-2-4-6-12)10-15-18(27)24-26(20(15)29)13-7-8-17(22)16(21)9-13/h2-10,29H,1H3,(H,24,27)/b14-10+. The number of benzene rings is 2. The van der Waals surface area contributed by atoms with Gasteiger partial charge in [0, 0.05) is 0 Å². The smallest absolute Gasteiger partial charge is 0.280 e. The molecule has 2 N–H and O–H groups in total. The number of aromatic hydroxyl groups is 1. The zero-order valence-electron chi connectivity index (χ0n) is 15.1. The van der Waals surface area contributed by atoms with Crippen LogP contribution < -0.4 is 10.6 Å². The van der Waals surface area contributed by atoms with E-state index in [1.165, 1.54) is 23.2 Å². The number of nitrogens with one attached hydrogen (secondary N) is 1. The van der Waals surface area contributed by atoms with Crippen LogP contribution in [0.4, 0.5) is 10.1 Å². The van der Waals surface area contributed by atoms with Gasteiger partial charge in [0.05, 0.1) is 27.7 Å². The maximum absolute atomic E-state index is 13.4. The van der Waals surface area contributed by atoms with Gasteiger partial charge in [-0.3, -0.25) is 14.7 Å². The fourth-order valence-electron chi connectivity index (χ4n) is 2.95. The Balaban J connectivity index is 1.75. The average Bonchev–Trinajstić information content (AvgIpc) is 3.15. The molecule has 29 heavy (non-hydrogen) atoms. The zero-order chi connectivity index (χ0) is 20.7. The molecule has 4 rings (SSSR count). The van der Waals surface area contributed by atoms with E-state index in [0.29, 0.717) is 11.4 Å². The average molecular weight is 413 g/mol. The molecule has 1 aliphatic rings. The third-order valence-corrected chi connectivity index (χ3v) is 4.71. The number of aromatic nitrogens is 2. The number of para-hydroxylation sites is 1. The second-order valence-electron chi connectivity index (χ2n) is 6.31. The van der Waals surface area contributed by atoms with E-state index in [1.807, 2.05) is 6.07 Å². The Kier molecular flexibility index (Phi) is 4.56. The van der Waals surface area contributed by atoms with Crippen molar-refractivity contribution in [3.05, 3.63) is 80.9 Å². The molecule has 3 aromatic rings. The minimum Gasteiger partial charge on any atom is -0.493 e. The predicted octanol–water partition coefficient (Wildman–Crippen LogP) is 3.47. The van der Waals surface area contributed by atoms with Crippen LogP contribution in [0.5, 0.6) is 5.88 Å². The molecule has 0 saturated heterocycles. The summed E-state index contributed by atoms with van der Waals surface area (Å²) in [5.74, 6) is -1.50. The van der Waals surface area contributed by atoms with Crippen molar-refractivity contribution < 1.29 is 14.3 Å². The second kappa shape index (κ2) is 7.06. The van der Waals surface area contributed by atoms with Crippen molar-refractivity contribution in [2.24, 2.45) is 5.10 Å². The van der Waals surface area contributed by atoms with Gasteiger partial charge in [-0.1, -0.05) is 29.8 Å². The highest BCUT2D eigenvalue weighted by Gasteiger charge is 2.29. The van der Waals surface area contributed by atoms with Gasteiger partial charge in [0.1, 0.15) is 11.4 Å². The molecule has 0 aliphatic carbocycles. The van der Waals surface area contributed by atoms with Crippen LogP contribution in [0, 0.1) is 5.82 Å². The zero-order valence-corrected chi connectivity index (χ0v) is 15.8. The van der Waals surface area contributed by atoms with Crippen LogP contribution >= 0.6 is 11.6 Å². The Morgan fingerprint density at radius 2 is 1.86 bits per heavy atom. The molecule has 1 amide bonds. The third kappa shape index (κ3) is 3.23. The molecule has 9 heteroatoms. The maximum Gasteiger partial charge on any atom is 0.280 e. The SMILES string of the molecule is CC1=NN(c2ccccc2)C(=O)/C1=C/c1c(O)n(-c2ccc(F)c(Cl)c2)[nH]c1=O. The van der Waals surface area contributed by atoms with Crippen LogP contribution in [0.25, 0.3) is 11.8 Å². The quantitative estimate of drug-likeness (QED) is 0.645. The summed E-state index contributed by atoms with van der Waals surface area (Å²) in [6.07, 6.45) is 1.28. The molecule has 0 fully saturated rings. The Morgan fingerprint density at radius 3 is 2.55 bits per heavy atom. The molecule has 2 aromatic carbocycles. The second-order valence-corrected chi connectivity index (χ2v) is 6.72. The number of anilines is 1. The van der Waals surface area contributed by atoms with E-state index in [1.54, 1.807) is 31.2 Å². The number of halogens is 2.